The summed E-state index contributed by atoms with van der Waals surface area (Å²) in [6.07, 6.45) is 4.66. The van der Waals surface area contributed by atoms with Crippen LogP contribution in [0.25, 0.3) is 11.0 Å². The predicted molar refractivity (Wildman–Crippen MR) is 79.9 cm³/mol. The zero-order chi connectivity index (χ0) is 14.1. The van der Waals surface area contributed by atoms with Gasteiger partial charge in [-0.2, -0.15) is 0 Å². The lowest BCUT2D eigenvalue weighted by Gasteiger charge is -2.11. The Morgan fingerprint density at radius 2 is 2.10 bits per heavy atom. The van der Waals surface area contributed by atoms with Gasteiger partial charge in [0.1, 0.15) is 5.82 Å². The van der Waals surface area contributed by atoms with E-state index in [4.69, 9.17) is 0 Å². The minimum absolute atomic E-state index is 0.0273. The molecule has 1 aliphatic rings. The van der Waals surface area contributed by atoms with E-state index in [1.54, 1.807) is 0 Å². The van der Waals surface area contributed by atoms with E-state index in [9.17, 15) is 4.79 Å². The molecule has 20 heavy (non-hydrogen) atoms. The molecule has 1 amide bonds. The van der Waals surface area contributed by atoms with Crippen LogP contribution in [-0.4, -0.2) is 21.9 Å². The third-order valence-electron chi connectivity index (χ3n) is 4.00. The number of benzene rings is 1. The molecule has 1 saturated carbocycles. The second-order valence-electron chi connectivity index (χ2n) is 5.96. The van der Waals surface area contributed by atoms with Crippen molar-refractivity contribution in [1.29, 1.82) is 0 Å². The van der Waals surface area contributed by atoms with Crippen LogP contribution in [-0.2, 0) is 0 Å². The number of aromatic nitrogens is 2. The van der Waals surface area contributed by atoms with Gasteiger partial charge < -0.3 is 10.3 Å². The molecule has 0 atom stereocenters. The lowest BCUT2D eigenvalue weighted by Crippen LogP contribution is -2.32. The molecule has 0 spiro atoms. The van der Waals surface area contributed by atoms with E-state index >= 15 is 0 Å². The highest BCUT2D eigenvalue weighted by Crippen LogP contribution is 2.20. The first-order valence-electron chi connectivity index (χ1n) is 7.44. The zero-order valence-corrected chi connectivity index (χ0v) is 12.1. The molecule has 1 aromatic heterocycles. The fourth-order valence-electron chi connectivity index (χ4n) is 2.78. The van der Waals surface area contributed by atoms with Crippen LogP contribution in [0.1, 0.15) is 61.6 Å². The number of hydrogen-bond acceptors (Lipinski definition) is 2. The van der Waals surface area contributed by atoms with E-state index in [0.717, 1.165) is 29.7 Å². The van der Waals surface area contributed by atoms with Crippen LogP contribution in [0.2, 0.25) is 0 Å². The number of carbonyl (C=O) groups is 1. The lowest BCUT2D eigenvalue weighted by atomic mass is 10.1. The standard InChI is InChI=1S/C16H21N3O/c1-10(2)15-18-13-8-7-11(9-14(13)19-15)16(20)17-12-5-3-4-6-12/h7-10,12H,3-6H2,1-2H3,(H,17,20)(H,18,19). The molecule has 106 valence electrons. The molecule has 0 aliphatic heterocycles. The number of nitrogens with one attached hydrogen (secondary N) is 2. The largest absolute Gasteiger partial charge is 0.349 e. The Morgan fingerprint density at radius 3 is 2.80 bits per heavy atom. The molecule has 0 radical (unpaired) electrons. The molecular formula is C16H21N3O. The third-order valence-corrected chi connectivity index (χ3v) is 4.00. The van der Waals surface area contributed by atoms with Crippen LogP contribution in [0.3, 0.4) is 0 Å². The van der Waals surface area contributed by atoms with Crippen molar-refractivity contribution in [3.8, 4) is 0 Å². The maximum absolute atomic E-state index is 12.2. The number of carbonyl (C=O) groups excluding carboxylic acids is 1. The number of hydrogen-bond donors (Lipinski definition) is 2. The summed E-state index contributed by atoms with van der Waals surface area (Å²) < 4.78 is 0. The Labute approximate surface area is 119 Å². The summed E-state index contributed by atoms with van der Waals surface area (Å²) in [5.74, 6) is 1.35. The van der Waals surface area contributed by atoms with Gasteiger partial charge in [0.2, 0.25) is 0 Å². The number of amides is 1. The van der Waals surface area contributed by atoms with Crippen molar-refractivity contribution >= 4 is 16.9 Å². The minimum atomic E-state index is 0.0273. The SMILES string of the molecule is CC(C)c1nc2ccc(C(=O)NC3CCCC3)cc2[nH]1. The van der Waals surface area contributed by atoms with Crippen LogP contribution < -0.4 is 5.32 Å². The molecule has 1 heterocycles. The Hall–Kier alpha value is -1.84. The van der Waals surface area contributed by atoms with Gasteiger partial charge in [0.25, 0.3) is 5.91 Å². The van der Waals surface area contributed by atoms with Crippen molar-refractivity contribution in [2.75, 3.05) is 0 Å². The van der Waals surface area contributed by atoms with E-state index in [1.807, 2.05) is 18.2 Å². The molecule has 2 N–H and O–H groups in total. The summed E-state index contributed by atoms with van der Waals surface area (Å²) in [4.78, 5) is 20.1. The molecule has 2 aromatic rings. The van der Waals surface area contributed by atoms with Crippen LogP contribution in [0, 0.1) is 0 Å². The van der Waals surface area contributed by atoms with Crippen molar-refractivity contribution in [2.45, 2.75) is 51.5 Å². The lowest BCUT2D eigenvalue weighted by molar-refractivity contribution is 0.0938. The van der Waals surface area contributed by atoms with Gasteiger partial charge in [-0.1, -0.05) is 26.7 Å². The van der Waals surface area contributed by atoms with Gasteiger partial charge in [-0.3, -0.25) is 4.79 Å². The molecule has 0 saturated heterocycles. The van der Waals surface area contributed by atoms with Crippen LogP contribution in [0.15, 0.2) is 18.2 Å². The van der Waals surface area contributed by atoms with E-state index in [2.05, 4.69) is 29.1 Å². The molecule has 1 aromatic carbocycles. The van der Waals surface area contributed by atoms with Crippen LogP contribution >= 0.6 is 0 Å². The summed E-state index contributed by atoms with van der Waals surface area (Å²) in [6, 6.07) is 6.03. The second-order valence-corrected chi connectivity index (χ2v) is 5.96. The normalized spacial score (nSPS) is 16.1. The molecule has 1 fully saturated rings. The Morgan fingerprint density at radius 1 is 1.35 bits per heavy atom. The van der Waals surface area contributed by atoms with Gasteiger partial charge in [0.15, 0.2) is 0 Å². The van der Waals surface area contributed by atoms with Gasteiger partial charge in [-0.15, -0.1) is 0 Å². The molecule has 4 nitrogen and oxygen atoms in total. The van der Waals surface area contributed by atoms with Gasteiger partial charge in [-0.25, -0.2) is 4.98 Å². The Bertz CT molecular complexity index is 624. The number of aromatic amines is 1. The van der Waals surface area contributed by atoms with Gasteiger partial charge in [0, 0.05) is 17.5 Å². The number of rotatable bonds is 3. The Balaban J connectivity index is 1.82. The van der Waals surface area contributed by atoms with E-state index in [-0.39, 0.29) is 5.91 Å². The average Bonchev–Trinajstić information content (AvgIpc) is 3.05. The van der Waals surface area contributed by atoms with Crippen molar-refractivity contribution in [2.24, 2.45) is 0 Å². The first-order valence-corrected chi connectivity index (χ1v) is 7.44. The summed E-state index contributed by atoms with van der Waals surface area (Å²) in [5.41, 5.74) is 2.57. The molecule has 3 rings (SSSR count). The van der Waals surface area contributed by atoms with Crippen molar-refractivity contribution < 1.29 is 4.79 Å². The number of imidazole rings is 1. The van der Waals surface area contributed by atoms with Gasteiger partial charge in [0.05, 0.1) is 11.0 Å². The molecular weight excluding hydrogens is 250 g/mol. The van der Waals surface area contributed by atoms with Gasteiger partial charge in [-0.05, 0) is 31.0 Å². The van der Waals surface area contributed by atoms with Crippen LogP contribution in [0.4, 0.5) is 0 Å². The van der Waals surface area contributed by atoms with Crippen molar-refractivity contribution in [3.63, 3.8) is 0 Å². The minimum Gasteiger partial charge on any atom is -0.349 e. The maximum Gasteiger partial charge on any atom is 0.251 e. The summed E-state index contributed by atoms with van der Waals surface area (Å²) in [7, 11) is 0. The number of fused-ring (bicyclic) bond motifs is 1. The van der Waals surface area contributed by atoms with Crippen LogP contribution in [0.5, 0.6) is 0 Å². The number of H-pyrrole nitrogens is 1. The summed E-state index contributed by atoms with van der Waals surface area (Å²) in [5, 5.41) is 3.12. The average molecular weight is 271 g/mol. The molecule has 4 heteroatoms. The van der Waals surface area contributed by atoms with Crippen molar-refractivity contribution in [3.05, 3.63) is 29.6 Å². The van der Waals surface area contributed by atoms with E-state index in [0.29, 0.717) is 17.5 Å². The van der Waals surface area contributed by atoms with E-state index < -0.39 is 0 Å². The highest BCUT2D eigenvalue weighted by Gasteiger charge is 2.18. The summed E-state index contributed by atoms with van der Waals surface area (Å²) >= 11 is 0. The molecule has 0 unspecified atom stereocenters. The topological polar surface area (TPSA) is 57.8 Å². The maximum atomic E-state index is 12.2. The highest BCUT2D eigenvalue weighted by atomic mass is 16.1. The quantitative estimate of drug-likeness (QED) is 0.899. The van der Waals surface area contributed by atoms with Crippen molar-refractivity contribution in [1.82, 2.24) is 15.3 Å². The smallest absolute Gasteiger partial charge is 0.251 e. The predicted octanol–water partition coefficient (Wildman–Crippen LogP) is 3.36. The third kappa shape index (κ3) is 2.55. The Kier molecular flexibility index (Phi) is 3.47. The van der Waals surface area contributed by atoms with Gasteiger partial charge >= 0.3 is 0 Å². The molecule has 1 aliphatic carbocycles. The second kappa shape index (κ2) is 5.27. The molecule has 0 bridgehead atoms. The number of nitrogens with zero attached hydrogens (tertiary/aromatic N) is 1. The fourth-order valence-corrected chi connectivity index (χ4v) is 2.78. The monoisotopic (exact) mass is 271 g/mol. The first-order chi connectivity index (χ1) is 9.63. The fraction of sp³-hybridized carbons (Fsp3) is 0.500. The highest BCUT2D eigenvalue weighted by molar-refractivity contribution is 5.97. The van der Waals surface area contributed by atoms with E-state index in [1.165, 1.54) is 12.8 Å². The first kappa shape index (κ1) is 13.2. The summed E-state index contributed by atoms with van der Waals surface area (Å²) in [6.45, 7) is 4.21. The zero-order valence-electron chi connectivity index (χ0n) is 12.1.